The lowest BCUT2D eigenvalue weighted by Gasteiger charge is -2.16. The van der Waals surface area contributed by atoms with Crippen molar-refractivity contribution >= 4 is 11.6 Å². The third-order valence-electron chi connectivity index (χ3n) is 2.68. The number of likely N-dealkylation sites (N-methyl/N-ethyl adjacent to an activating group) is 1. The summed E-state index contributed by atoms with van der Waals surface area (Å²) in [7, 11) is 3.84. The van der Waals surface area contributed by atoms with Crippen molar-refractivity contribution in [3.05, 3.63) is 29.8 Å². The monoisotopic (exact) mass is 260 g/mol. The van der Waals surface area contributed by atoms with Gasteiger partial charge in [0, 0.05) is 5.69 Å². The smallest absolute Gasteiger partial charge is 0.238 e. The second kappa shape index (κ2) is 8.25. The maximum Gasteiger partial charge on any atom is 0.238 e. The number of amides is 1. The number of nitrogens with zero attached hydrogens (tertiary/aromatic N) is 2. The lowest BCUT2D eigenvalue weighted by atomic mass is 10.2. The molecule has 1 amide bonds. The molecule has 5 heteroatoms. The molecule has 0 atom stereocenters. The highest BCUT2D eigenvalue weighted by atomic mass is 16.2. The molecule has 0 aromatic heterocycles. The maximum absolute atomic E-state index is 11.8. The summed E-state index contributed by atoms with van der Waals surface area (Å²) in [5, 5.41) is 14.6. The summed E-state index contributed by atoms with van der Waals surface area (Å²) in [6.45, 7) is 2.19. The van der Waals surface area contributed by atoms with Crippen molar-refractivity contribution in [2.75, 3.05) is 39.0 Å². The van der Waals surface area contributed by atoms with Crippen molar-refractivity contribution in [1.82, 2.24) is 10.2 Å². The van der Waals surface area contributed by atoms with Crippen molar-refractivity contribution in [1.29, 1.82) is 5.26 Å². The molecule has 0 heterocycles. The molecule has 0 aliphatic heterocycles. The standard InChI is InChI=1S/C14H20N4O/c1-16-8-3-9-18(2)11-14(19)17-13-6-4-12(10-15)5-7-13/h4-7,16H,3,8-9,11H2,1-2H3,(H,17,19). The summed E-state index contributed by atoms with van der Waals surface area (Å²) < 4.78 is 0. The van der Waals surface area contributed by atoms with Gasteiger partial charge in [0.1, 0.15) is 0 Å². The Balaban J connectivity index is 2.35. The zero-order valence-electron chi connectivity index (χ0n) is 11.4. The number of hydrogen-bond donors (Lipinski definition) is 2. The first-order valence-corrected chi connectivity index (χ1v) is 6.29. The van der Waals surface area contributed by atoms with Crippen LogP contribution in [0.15, 0.2) is 24.3 Å². The van der Waals surface area contributed by atoms with E-state index in [0.717, 1.165) is 19.5 Å². The molecule has 1 rings (SSSR count). The van der Waals surface area contributed by atoms with Crippen LogP contribution in [-0.4, -0.2) is 44.5 Å². The first-order chi connectivity index (χ1) is 9.15. The molecular weight excluding hydrogens is 240 g/mol. The van der Waals surface area contributed by atoms with Crippen LogP contribution in [0.4, 0.5) is 5.69 Å². The van der Waals surface area contributed by atoms with Crippen molar-refractivity contribution in [2.45, 2.75) is 6.42 Å². The average Bonchev–Trinajstić information content (AvgIpc) is 2.39. The first-order valence-electron chi connectivity index (χ1n) is 6.29. The van der Waals surface area contributed by atoms with Gasteiger partial charge in [-0.05, 0) is 57.9 Å². The fourth-order valence-electron chi connectivity index (χ4n) is 1.68. The Morgan fingerprint density at radius 2 is 2.05 bits per heavy atom. The normalized spacial score (nSPS) is 10.2. The van der Waals surface area contributed by atoms with Crippen LogP contribution in [0.3, 0.4) is 0 Å². The van der Waals surface area contributed by atoms with Crippen LogP contribution < -0.4 is 10.6 Å². The molecule has 5 nitrogen and oxygen atoms in total. The highest BCUT2D eigenvalue weighted by Gasteiger charge is 2.06. The van der Waals surface area contributed by atoms with E-state index in [4.69, 9.17) is 5.26 Å². The predicted octanol–water partition coefficient (Wildman–Crippen LogP) is 1.04. The minimum Gasteiger partial charge on any atom is -0.325 e. The SMILES string of the molecule is CNCCCN(C)CC(=O)Nc1ccc(C#N)cc1. The molecule has 102 valence electrons. The molecule has 1 aromatic rings. The summed E-state index contributed by atoms with van der Waals surface area (Å²) in [6.07, 6.45) is 1.01. The third kappa shape index (κ3) is 6.00. The summed E-state index contributed by atoms with van der Waals surface area (Å²) in [4.78, 5) is 13.8. The molecule has 0 saturated carbocycles. The highest BCUT2D eigenvalue weighted by Crippen LogP contribution is 2.08. The Bertz CT molecular complexity index is 436. The number of anilines is 1. The topological polar surface area (TPSA) is 68.2 Å². The Labute approximate surface area is 114 Å². The largest absolute Gasteiger partial charge is 0.325 e. The van der Waals surface area contributed by atoms with Crippen LogP contribution in [0.25, 0.3) is 0 Å². The fourth-order valence-corrected chi connectivity index (χ4v) is 1.68. The second-order valence-electron chi connectivity index (χ2n) is 4.43. The average molecular weight is 260 g/mol. The number of nitrogens with one attached hydrogen (secondary N) is 2. The number of hydrogen-bond acceptors (Lipinski definition) is 4. The van der Waals surface area contributed by atoms with Gasteiger partial charge in [-0.2, -0.15) is 5.26 Å². The van der Waals surface area contributed by atoms with Crippen molar-refractivity contribution < 1.29 is 4.79 Å². The van der Waals surface area contributed by atoms with Gasteiger partial charge >= 0.3 is 0 Å². The Morgan fingerprint density at radius 3 is 2.63 bits per heavy atom. The number of carbonyl (C=O) groups excluding carboxylic acids is 1. The summed E-state index contributed by atoms with van der Waals surface area (Å²) in [5.41, 5.74) is 1.30. The molecule has 0 radical (unpaired) electrons. The van der Waals surface area contributed by atoms with Gasteiger partial charge in [0.2, 0.25) is 5.91 Å². The molecule has 0 aliphatic carbocycles. The summed E-state index contributed by atoms with van der Waals surface area (Å²) in [5.74, 6) is -0.0448. The molecule has 0 saturated heterocycles. The van der Waals surface area contributed by atoms with Gasteiger partial charge < -0.3 is 10.6 Å². The van der Waals surface area contributed by atoms with Gasteiger partial charge in [-0.3, -0.25) is 9.69 Å². The van der Waals surface area contributed by atoms with Gasteiger partial charge in [-0.1, -0.05) is 0 Å². The maximum atomic E-state index is 11.8. The molecule has 19 heavy (non-hydrogen) atoms. The Hall–Kier alpha value is -1.90. The van der Waals surface area contributed by atoms with Gasteiger partial charge in [0.05, 0.1) is 18.2 Å². The lowest BCUT2D eigenvalue weighted by Crippen LogP contribution is -2.31. The van der Waals surface area contributed by atoms with E-state index in [1.807, 2.05) is 25.1 Å². The molecule has 0 spiro atoms. The van der Waals surface area contributed by atoms with E-state index in [-0.39, 0.29) is 5.91 Å². The molecular formula is C14H20N4O. The second-order valence-corrected chi connectivity index (χ2v) is 4.43. The zero-order chi connectivity index (χ0) is 14.1. The zero-order valence-corrected chi connectivity index (χ0v) is 11.4. The number of nitriles is 1. The Morgan fingerprint density at radius 1 is 1.37 bits per heavy atom. The van der Waals surface area contributed by atoms with Gasteiger partial charge in [0.15, 0.2) is 0 Å². The van der Waals surface area contributed by atoms with Gasteiger partial charge in [-0.15, -0.1) is 0 Å². The van der Waals surface area contributed by atoms with E-state index in [1.54, 1.807) is 24.3 Å². The minimum absolute atomic E-state index is 0.0448. The van der Waals surface area contributed by atoms with Crippen LogP contribution in [-0.2, 0) is 4.79 Å². The highest BCUT2D eigenvalue weighted by molar-refractivity contribution is 5.92. The fraction of sp³-hybridized carbons (Fsp3) is 0.429. The Kier molecular flexibility index (Phi) is 6.58. The molecule has 1 aromatic carbocycles. The lowest BCUT2D eigenvalue weighted by molar-refractivity contribution is -0.117. The quantitative estimate of drug-likeness (QED) is 0.719. The molecule has 0 fully saturated rings. The van der Waals surface area contributed by atoms with Crippen LogP contribution in [0.5, 0.6) is 0 Å². The molecule has 0 aliphatic rings. The van der Waals surface area contributed by atoms with Crippen molar-refractivity contribution in [3.8, 4) is 6.07 Å². The van der Waals surface area contributed by atoms with Crippen molar-refractivity contribution in [3.63, 3.8) is 0 Å². The van der Waals surface area contributed by atoms with Crippen LogP contribution in [0, 0.1) is 11.3 Å². The van der Waals surface area contributed by atoms with Crippen LogP contribution in [0.1, 0.15) is 12.0 Å². The number of carbonyl (C=O) groups is 1. The van der Waals surface area contributed by atoms with Gasteiger partial charge in [-0.25, -0.2) is 0 Å². The van der Waals surface area contributed by atoms with E-state index >= 15 is 0 Å². The predicted molar refractivity (Wildman–Crippen MR) is 75.8 cm³/mol. The first kappa shape index (κ1) is 15.2. The van der Waals surface area contributed by atoms with Crippen LogP contribution >= 0.6 is 0 Å². The van der Waals surface area contributed by atoms with E-state index in [2.05, 4.69) is 10.6 Å². The molecule has 0 bridgehead atoms. The van der Waals surface area contributed by atoms with E-state index in [0.29, 0.717) is 17.8 Å². The van der Waals surface area contributed by atoms with Crippen molar-refractivity contribution in [2.24, 2.45) is 0 Å². The molecule has 0 unspecified atom stereocenters. The van der Waals surface area contributed by atoms with Gasteiger partial charge in [0.25, 0.3) is 0 Å². The summed E-state index contributed by atoms with van der Waals surface area (Å²) in [6, 6.07) is 8.88. The van der Waals surface area contributed by atoms with E-state index in [1.165, 1.54) is 0 Å². The van der Waals surface area contributed by atoms with E-state index in [9.17, 15) is 4.79 Å². The third-order valence-corrected chi connectivity index (χ3v) is 2.68. The number of rotatable bonds is 7. The minimum atomic E-state index is -0.0448. The summed E-state index contributed by atoms with van der Waals surface area (Å²) >= 11 is 0. The van der Waals surface area contributed by atoms with Crippen LogP contribution in [0.2, 0.25) is 0 Å². The van der Waals surface area contributed by atoms with E-state index < -0.39 is 0 Å². The number of benzene rings is 1. The molecule has 2 N–H and O–H groups in total.